The molecule has 0 saturated carbocycles. The SMILES string of the molecule is CCOC(=O)CCCCOc1cc(Cl)cc(Cl)c1. The van der Waals surface area contributed by atoms with E-state index in [0.29, 0.717) is 35.4 Å². The fourth-order valence-electron chi connectivity index (χ4n) is 1.41. The van der Waals surface area contributed by atoms with Gasteiger partial charge >= 0.3 is 5.97 Å². The van der Waals surface area contributed by atoms with E-state index >= 15 is 0 Å². The van der Waals surface area contributed by atoms with Gasteiger partial charge in [-0.25, -0.2) is 0 Å². The maximum Gasteiger partial charge on any atom is 0.305 e. The third-order valence-electron chi connectivity index (χ3n) is 2.19. The largest absolute Gasteiger partial charge is 0.493 e. The average molecular weight is 291 g/mol. The van der Waals surface area contributed by atoms with Crippen molar-refractivity contribution in [1.82, 2.24) is 0 Å². The van der Waals surface area contributed by atoms with Crippen LogP contribution in [0.2, 0.25) is 10.0 Å². The van der Waals surface area contributed by atoms with E-state index in [0.717, 1.165) is 12.8 Å². The number of unbranched alkanes of at least 4 members (excludes halogenated alkanes) is 1. The fraction of sp³-hybridized carbons (Fsp3) is 0.462. The zero-order valence-corrected chi connectivity index (χ0v) is 11.8. The van der Waals surface area contributed by atoms with Crippen LogP contribution in [-0.2, 0) is 9.53 Å². The van der Waals surface area contributed by atoms with Crippen LogP contribution in [0.1, 0.15) is 26.2 Å². The number of ether oxygens (including phenoxy) is 2. The molecule has 0 unspecified atom stereocenters. The first-order valence-corrected chi connectivity index (χ1v) is 6.62. The van der Waals surface area contributed by atoms with E-state index in [1.807, 2.05) is 0 Å². The minimum absolute atomic E-state index is 0.164. The van der Waals surface area contributed by atoms with Gasteiger partial charge in [0.1, 0.15) is 5.75 Å². The molecule has 0 aliphatic heterocycles. The number of hydrogen-bond acceptors (Lipinski definition) is 3. The zero-order valence-electron chi connectivity index (χ0n) is 10.2. The molecule has 1 aromatic rings. The molecule has 0 spiro atoms. The molecular formula is C13H16Cl2O3. The number of esters is 1. The molecule has 0 saturated heterocycles. The molecule has 5 heteroatoms. The van der Waals surface area contributed by atoms with Crippen molar-refractivity contribution in [1.29, 1.82) is 0 Å². The molecule has 0 aliphatic rings. The number of carbonyl (C=O) groups is 1. The second-order valence-electron chi connectivity index (χ2n) is 3.72. The zero-order chi connectivity index (χ0) is 13.4. The highest BCUT2D eigenvalue weighted by Crippen LogP contribution is 2.24. The summed E-state index contributed by atoms with van der Waals surface area (Å²) >= 11 is 11.7. The van der Waals surface area contributed by atoms with Gasteiger partial charge in [-0.2, -0.15) is 0 Å². The van der Waals surface area contributed by atoms with Gasteiger partial charge in [0.05, 0.1) is 13.2 Å². The van der Waals surface area contributed by atoms with Crippen LogP contribution in [0.5, 0.6) is 5.75 Å². The van der Waals surface area contributed by atoms with Crippen LogP contribution >= 0.6 is 23.2 Å². The van der Waals surface area contributed by atoms with Gasteiger partial charge in [-0.1, -0.05) is 23.2 Å². The van der Waals surface area contributed by atoms with Crippen LogP contribution in [0.3, 0.4) is 0 Å². The van der Waals surface area contributed by atoms with Crippen LogP contribution in [-0.4, -0.2) is 19.2 Å². The second kappa shape index (κ2) is 8.22. The lowest BCUT2D eigenvalue weighted by Gasteiger charge is -2.07. The molecular weight excluding hydrogens is 275 g/mol. The van der Waals surface area contributed by atoms with Gasteiger partial charge in [-0.15, -0.1) is 0 Å². The highest BCUT2D eigenvalue weighted by Gasteiger charge is 2.02. The molecule has 0 fully saturated rings. The summed E-state index contributed by atoms with van der Waals surface area (Å²) in [5, 5.41) is 1.09. The number of halogens is 2. The molecule has 0 radical (unpaired) electrons. The van der Waals surface area contributed by atoms with Crippen molar-refractivity contribution in [2.24, 2.45) is 0 Å². The summed E-state index contributed by atoms with van der Waals surface area (Å²) in [6, 6.07) is 5.06. The fourth-order valence-corrected chi connectivity index (χ4v) is 1.91. The van der Waals surface area contributed by atoms with Gasteiger partial charge in [0, 0.05) is 16.5 Å². The molecule has 0 atom stereocenters. The van der Waals surface area contributed by atoms with Crippen LogP contribution in [0.25, 0.3) is 0 Å². The highest BCUT2D eigenvalue weighted by molar-refractivity contribution is 6.34. The minimum atomic E-state index is -0.164. The molecule has 0 amide bonds. The summed E-state index contributed by atoms with van der Waals surface area (Å²) < 4.78 is 10.3. The van der Waals surface area contributed by atoms with Gasteiger partial charge in [0.2, 0.25) is 0 Å². The van der Waals surface area contributed by atoms with Gasteiger partial charge in [-0.3, -0.25) is 4.79 Å². The Balaban J connectivity index is 2.19. The summed E-state index contributed by atoms with van der Waals surface area (Å²) in [5.74, 6) is 0.479. The summed E-state index contributed by atoms with van der Waals surface area (Å²) in [6.45, 7) is 2.75. The normalized spacial score (nSPS) is 10.2. The predicted molar refractivity (Wildman–Crippen MR) is 72.4 cm³/mol. The van der Waals surface area contributed by atoms with E-state index in [1.54, 1.807) is 25.1 Å². The summed E-state index contributed by atoms with van der Waals surface area (Å²) in [6.07, 6.45) is 1.95. The maximum atomic E-state index is 11.1. The van der Waals surface area contributed by atoms with Gasteiger partial charge in [0.25, 0.3) is 0 Å². The topological polar surface area (TPSA) is 35.5 Å². The van der Waals surface area contributed by atoms with E-state index in [1.165, 1.54) is 0 Å². The molecule has 100 valence electrons. The third-order valence-corrected chi connectivity index (χ3v) is 2.62. The molecule has 3 nitrogen and oxygen atoms in total. The quantitative estimate of drug-likeness (QED) is 0.560. The molecule has 0 aromatic heterocycles. The Morgan fingerprint density at radius 2 is 1.83 bits per heavy atom. The number of benzene rings is 1. The second-order valence-corrected chi connectivity index (χ2v) is 4.59. The van der Waals surface area contributed by atoms with Crippen molar-refractivity contribution in [2.45, 2.75) is 26.2 Å². The molecule has 0 bridgehead atoms. The predicted octanol–water partition coefficient (Wildman–Crippen LogP) is 4.11. The van der Waals surface area contributed by atoms with Crippen molar-refractivity contribution in [3.8, 4) is 5.75 Å². The summed E-state index contributed by atoms with van der Waals surface area (Å²) in [7, 11) is 0. The van der Waals surface area contributed by atoms with Crippen LogP contribution < -0.4 is 4.74 Å². The lowest BCUT2D eigenvalue weighted by molar-refractivity contribution is -0.143. The molecule has 0 N–H and O–H groups in total. The number of hydrogen-bond donors (Lipinski definition) is 0. The average Bonchev–Trinajstić information content (AvgIpc) is 2.27. The molecule has 0 heterocycles. The monoisotopic (exact) mass is 290 g/mol. The Morgan fingerprint density at radius 1 is 1.17 bits per heavy atom. The van der Waals surface area contributed by atoms with E-state index in [9.17, 15) is 4.79 Å². The lowest BCUT2D eigenvalue weighted by Crippen LogP contribution is -2.05. The van der Waals surface area contributed by atoms with Crippen molar-refractivity contribution in [3.05, 3.63) is 28.2 Å². The molecule has 0 aliphatic carbocycles. The Kier molecular flexibility index (Phi) is 6.91. The Hall–Kier alpha value is -0.930. The maximum absolute atomic E-state index is 11.1. The number of rotatable bonds is 7. The van der Waals surface area contributed by atoms with Crippen molar-refractivity contribution < 1.29 is 14.3 Å². The smallest absolute Gasteiger partial charge is 0.305 e. The van der Waals surface area contributed by atoms with Crippen LogP contribution in [0, 0.1) is 0 Å². The first-order chi connectivity index (χ1) is 8.61. The van der Waals surface area contributed by atoms with Gasteiger partial charge in [0.15, 0.2) is 0 Å². The Bertz CT molecular complexity index is 374. The van der Waals surface area contributed by atoms with Crippen molar-refractivity contribution in [2.75, 3.05) is 13.2 Å². The lowest BCUT2D eigenvalue weighted by atomic mass is 10.2. The van der Waals surface area contributed by atoms with Crippen molar-refractivity contribution in [3.63, 3.8) is 0 Å². The third kappa shape index (κ3) is 6.12. The summed E-state index contributed by atoms with van der Waals surface area (Å²) in [5.41, 5.74) is 0. The van der Waals surface area contributed by atoms with Gasteiger partial charge in [-0.05, 0) is 38.0 Å². The van der Waals surface area contributed by atoms with E-state index in [2.05, 4.69) is 0 Å². The Morgan fingerprint density at radius 3 is 2.44 bits per heavy atom. The van der Waals surface area contributed by atoms with Crippen LogP contribution in [0.15, 0.2) is 18.2 Å². The first kappa shape index (κ1) is 15.1. The number of carbonyl (C=O) groups excluding carboxylic acids is 1. The standard InChI is InChI=1S/C13H16Cl2O3/c1-2-17-13(16)5-3-4-6-18-12-8-10(14)7-11(15)9-12/h7-9H,2-6H2,1H3. The van der Waals surface area contributed by atoms with Gasteiger partial charge < -0.3 is 9.47 Å². The highest BCUT2D eigenvalue weighted by atomic mass is 35.5. The Labute approximate surface area is 117 Å². The molecule has 18 heavy (non-hydrogen) atoms. The summed E-state index contributed by atoms with van der Waals surface area (Å²) in [4.78, 5) is 11.1. The molecule has 1 rings (SSSR count). The van der Waals surface area contributed by atoms with E-state index < -0.39 is 0 Å². The van der Waals surface area contributed by atoms with E-state index in [-0.39, 0.29) is 5.97 Å². The molecule has 1 aromatic carbocycles. The van der Waals surface area contributed by atoms with Crippen LogP contribution in [0.4, 0.5) is 0 Å². The van der Waals surface area contributed by atoms with E-state index in [4.69, 9.17) is 32.7 Å². The van der Waals surface area contributed by atoms with Crippen molar-refractivity contribution >= 4 is 29.2 Å². The minimum Gasteiger partial charge on any atom is -0.493 e. The first-order valence-electron chi connectivity index (χ1n) is 5.86.